The molecule has 0 aromatic heterocycles. The number of benzene rings is 1. The van der Waals surface area contributed by atoms with Gasteiger partial charge in [0.25, 0.3) is 5.91 Å². The van der Waals surface area contributed by atoms with Crippen molar-refractivity contribution in [2.75, 3.05) is 19.6 Å². The summed E-state index contributed by atoms with van der Waals surface area (Å²) in [5.74, 6) is 1.31. The first kappa shape index (κ1) is 14.4. The number of carbonyl (C=O) groups is 1. The van der Waals surface area contributed by atoms with Crippen LogP contribution in [0.2, 0.25) is 5.02 Å². The Morgan fingerprint density at radius 2 is 2.25 bits per heavy atom. The zero-order valence-electron chi connectivity index (χ0n) is 11.4. The summed E-state index contributed by atoms with van der Waals surface area (Å²) in [6.07, 6.45) is 1.01. The topological polar surface area (TPSA) is 32.3 Å². The molecule has 20 heavy (non-hydrogen) atoms. The summed E-state index contributed by atoms with van der Waals surface area (Å²) in [4.78, 5) is 14.8. The highest BCUT2D eigenvalue weighted by atomic mass is 79.9. The Balaban J connectivity index is 1.86. The number of carbonyl (C=O) groups excluding carboxylic acids is 1. The molecular weight excluding hydrogens is 340 g/mol. The molecule has 1 amide bonds. The van der Waals surface area contributed by atoms with Crippen LogP contribution in [0.1, 0.15) is 23.7 Å². The summed E-state index contributed by atoms with van der Waals surface area (Å²) in [5.41, 5.74) is 0.677. The number of likely N-dealkylation sites (tertiary alicyclic amines) is 1. The molecule has 0 radical (unpaired) electrons. The third-order valence-electron chi connectivity index (χ3n) is 4.51. The second kappa shape index (κ2) is 5.66. The normalized spacial score (nSPS) is 28.8. The number of rotatable bonds is 2. The maximum Gasteiger partial charge on any atom is 0.254 e. The molecule has 0 aliphatic carbocycles. The Morgan fingerprint density at radius 3 is 2.95 bits per heavy atom. The molecule has 3 unspecified atom stereocenters. The number of amides is 1. The van der Waals surface area contributed by atoms with E-state index in [2.05, 4.69) is 28.2 Å². The largest absolute Gasteiger partial charge is 0.335 e. The van der Waals surface area contributed by atoms with E-state index in [0.717, 1.165) is 30.5 Å². The molecule has 2 aliphatic rings. The van der Waals surface area contributed by atoms with Crippen LogP contribution >= 0.6 is 27.5 Å². The van der Waals surface area contributed by atoms with Crippen molar-refractivity contribution < 1.29 is 4.79 Å². The highest BCUT2D eigenvalue weighted by Crippen LogP contribution is 2.35. The maximum atomic E-state index is 12.8. The number of halogens is 2. The summed E-state index contributed by atoms with van der Waals surface area (Å²) >= 11 is 9.46. The van der Waals surface area contributed by atoms with Crippen LogP contribution in [-0.4, -0.2) is 36.5 Å². The van der Waals surface area contributed by atoms with E-state index >= 15 is 0 Å². The molecule has 0 saturated carbocycles. The van der Waals surface area contributed by atoms with E-state index in [-0.39, 0.29) is 5.91 Å². The Kier molecular flexibility index (Phi) is 4.07. The van der Waals surface area contributed by atoms with Crippen LogP contribution in [-0.2, 0) is 0 Å². The fourth-order valence-electron chi connectivity index (χ4n) is 3.62. The van der Waals surface area contributed by atoms with Gasteiger partial charge in [-0.3, -0.25) is 4.79 Å². The second-order valence-electron chi connectivity index (χ2n) is 5.67. The third kappa shape index (κ3) is 2.49. The van der Waals surface area contributed by atoms with Gasteiger partial charge in [0.05, 0.1) is 0 Å². The van der Waals surface area contributed by atoms with E-state index in [4.69, 9.17) is 11.6 Å². The lowest BCUT2D eigenvalue weighted by Crippen LogP contribution is -2.39. The minimum absolute atomic E-state index is 0.106. The number of fused-ring (bicyclic) bond motifs is 1. The average molecular weight is 358 g/mol. The fraction of sp³-hybridized carbons (Fsp3) is 0.533. The van der Waals surface area contributed by atoms with Crippen LogP contribution in [0.5, 0.6) is 0 Å². The van der Waals surface area contributed by atoms with Crippen LogP contribution in [0, 0.1) is 11.8 Å². The molecule has 2 saturated heterocycles. The van der Waals surface area contributed by atoms with E-state index in [1.165, 1.54) is 0 Å². The molecule has 3 rings (SSSR count). The predicted octanol–water partition coefficient (Wildman–Crippen LogP) is 3.17. The van der Waals surface area contributed by atoms with Gasteiger partial charge in [-0.05, 0) is 36.5 Å². The van der Waals surface area contributed by atoms with E-state index in [1.807, 2.05) is 11.0 Å². The maximum absolute atomic E-state index is 12.8. The highest BCUT2D eigenvalue weighted by molar-refractivity contribution is 9.10. The van der Waals surface area contributed by atoms with Crippen molar-refractivity contribution in [2.24, 2.45) is 11.8 Å². The van der Waals surface area contributed by atoms with Gasteiger partial charge in [-0.1, -0.05) is 34.5 Å². The molecule has 108 valence electrons. The standard InChI is InChI=1S/C15H18BrClN2O/c1-2-14-13-7-18-6-10(13)8-19(14)15(20)9-3-11(16)5-12(17)4-9/h3-5,10,13-14,18H,2,6-8H2,1H3. The first-order chi connectivity index (χ1) is 9.60. The van der Waals surface area contributed by atoms with Crippen LogP contribution in [0.3, 0.4) is 0 Å². The highest BCUT2D eigenvalue weighted by Gasteiger charge is 2.45. The van der Waals surface area contributed by atoms with E-state index in [0.29, 0.717) is 28.5 Å². The van der Waals surface area contributed by atoms with Crippen molar-refractivity contribution in [3.8, 4) is 0 Å². The monoisotopic (exact) mass is 356 g/mol. The molecule has 0 bridgehead atoms. The van der Waals surface area contributed by atoms with E-state index in [9.17, 15) is 4.79 Å². The van der Waals surface area contributed by atoms with Crippen molar-refractivity contribution in [1.82, 2.24) is 10.2 Å². The van der Waals surface area contributed by atoms with Crippen LogP contribution in [0.4, 0.5) is 0 Å². The second-order valence-corrected chi connectivity index (χ2v) is 7.03. The van der Waals surface area contributed by atoms with Crippen molar-refractivity contribution in [2.45, 2.75) is 19.4 Å². The van der Waals surface area contributed by atoms with Gasteiger partial charge in [-0.2, -0.15) is 0 Å². The Morgan fingerprint density at radius 1 is 1.45 bits per heavy atom. The van der Waals surface area contributed by atoms with E-state index in [1.54, 1.807) is 12.1 Å². The molecule has 3 atom stereocenters. The van der Waals surface area contributed by atoms with Gasteiger partial charge in [0.2, 0.25) is 0 Å². The lowest BCUT2D eigenvalue weighted by Gasteiger charge is -2.27. The van der Waals surface area contributed by atoms with Crippen molar-refractivity contribution in [1.29, 1.82) is 0 Å². The van der Waals surface area contributed by atoms with Gasteiger partial charge in [0.15, 0.2) is 0 Å². The Hall–Kier alpha value is -0.580. The summed E-state index contributed by atoms with van der Waals surface area (Å²) in [7, 11) is 0. The SMILES string of the molecule is CCC1C2CNCC2CN1C(=O)c1cc(Cl)cc(Br)c1. The summed E-state index contributed by atoms with van der Waals surface area (Å²) < 4.78 is 0.849. The van der Waals surface area contributed by atoms with Crippen LogP contribution in [0.25, 0.3) is 0 Å². The molecule has 2 heterocycles. The number of hydrogen-bond acceptors (Lipinski definition) is 2. The van der Waals surface area contributed by atoms with Crippen LogP contribution in [0.15, 0.2) is 22.7 Å². The average Bonchev–Trinajstić information content (AvgIpc) is 2.96. The third-order valence-corrected chi connectivity index (χ3v) is 5.18. The molecule has 3 nitrogen and oxygen atoms in total. The van der Waals surface area contributed by atoms with Gasteiger partial charge in [0, 0.05) is 40.7 Å². The van der Waals surface area contributed by atoms with Gasteiger partial charge < -0.3 is 10.2 Å². The van der Waals surface area contributed by atoms with Crippen molar-refractivity contribution >= 4 is 33.4 Å². The van der Waals surface area contributed by atoms with Crippen LogP contribution < -0.4 is 5.32 Å². The summed E-state index contributed by atoms with van der Waals surface area (Å²) in [6.45, 7) is 5.09. The lowest BCUT2D eigenvalue weighted by molar-refractivity contribution is 0.0711. The first-order valence-electron chi connectivity index (χ1n) is 7.08. The lowest BCUT2D eigenvalue weighted by atomic mass is 9.93. The number of nitrogens with zero attached hydrogens (tertiary/aromatic N) is 1. The minimum atomic E-state index is 0.106. The van der Waals surface area contributed by atoms with Gasteiger partial charge in [0.1, 0.15) is 0 Å². The number of hydrogen-bond donors (Lipinski definition) is 1. The molecule has 5 heteroatoms. The van der Waals surface area contributed by atoms with Crippen molar-refractivity contribution in [3.05, 3.63) is 33.3 Å². The molecule has 2 aliphatic heterocycles. The quantitative estimate of drug-likeness (QED) is 0.882. The van der Waals surface area contributed by atoms with Gasteiger partial charge in [-0.15, -0.1) is 0 Å². The minimum Gasteiger partial charge on any atom is -0.335 e. The summed E-state index contributed by atoms with van der Waals surface area (Å²) in [6, 6.07) is 5.76. The zero-order valence-corrected chi connectivity index (χ0v) is 13.7. The van der Waals surface area contributed by atoms with Gasteiger partial charge >= 0.3 is 0 Å². The van der Waals surface area contributed by atoms with Crippen molar-refractivity contribution in [3.63, 3.8) is 0 Å². The Bertz CT molecular complexity index is 516. The fourth-order valence-corrected chi connectivity index (χ4v) is 4.48. The number of nitrogens with one attached hydrogen (secondary N) is 1. The molecule has 1 N–H and O–H groups in total. The molecule has 0 spiro atoms. The zero-order chi connectivity index (χ0) is 14.3. The molecule has 1 aromatic carbocycles. The van der Waals surface area contributed by atoms with Gasteiger partial charge in [-0.25, -0.2) is 0 Å². The predicted molar refractivity (Wildman–Crippen MR) is 84.1 cm³/mol. The van der Waals surface area contributed by atoms with E-state index < -0.39 is 0 Å². The molecular formula is C15H18BrClN2O. The Labute approximate surface area is 132 Å². The smallest absolute Gasteiger partial charge is 0.254 e. The molecule has 1 aromatic rings. The molecule has 2 fully saturated rings. The summed E-state index contributed by atoms with van der Waals surface area (Å²) in [5, 5.41) is 4.03. The first-order valence-corrected chi connectivity index (χ1v) is 8.25.